The second kappa shape index (κ2) is 6.19. The summed E-state index contributed by atoms with van der Waals surface area (Å²) >= 11 is 12.2. The molecule has 0 amide bonds. The maximum atomic E-state index is 11.5. The molecule has 19 heavy (non-hydrogen) atoms. The Hall–Kier alpha value is -1.36. The minimum absolute atomic E-state index is 0.198. The first kappa shape index (κ1) is 14.1. The van der Waals surface area contributed by atoms with E-state index in [9.17, 15) is 4.79 Å². The van der Waals surface area contributed by atoms with Gasteiger partial charge >= 0.3 is 0 Å². The second-order valence-corrected chi connectivity index (χ2v) is 4.91. The Morgan fingerprint density at radius 1 is 1.26 bits per heavy atom. The molecule has 0 aliphatic heterocycles. The summed E-state index contributed by atoms with van der Waals surface area (Å²) in [6, 6.07) is 6.73. The summed E-state index contributed by atoms with van der Waals surface area (Å²) in [6.45, 7) is 0.447. The van der Waals surface area contributed by atoms with Crippen molar-refractivity contribution in [1.82, 2.24) is 9.97 Å². The van der Waals surface area contributed by atoms with Crippen molar-refractivity contribution in [3.63, 3.8) is 0 Å². The van der Waals surface area contributed by atoms with Gasteiger partial charge in [-0.1, -0.05) is 29.3 Å². The van der Waals surface area contributed by atoms with Gasteiger partial charge in [-0.15, -0.1) is 0 Å². The van der Waals surface area contributed by atoms with Crippen molar-refractivity contribution in [3.05, 3.63) is 61.7 Å². The van der Waals surface area contributed by atoms with Gasteiger partial charge in [-0.25, -0.2) is 4.98 Å². The van der Waals surface area contributed by atoms with Crippen molar-refractivity contribution in [2.75, 3.05) is 6.54 Å². The van der Waals surface area contributed by atoms with Crippen LogP contribution in [-0.4, -0.2) is 16.5 Å². The average molecular weight is 298 g/mol. The van der Waals surface area contributed by atoms with Crippen molar-refractivity contribution in [1.29, 1.82) is 0 Å². The summed E-state index contributed by atoms with van der Waals surface area (Å²) in [6.07, 6.45) is 0.944. The highest BCUT2D eigenvalue weighted by Crippen LogP contribution is 2.25. The number of nitrogens with one attached hydrogen (secondary N) is 1. The molecule has 0 saturated heterocycles. The molecule has 4 nitrogen and oxygen atoms in total. The Morgan fingerprint density at radius 3 is 2.58 bits per heavy atom. The van der Waals surface area contributed by atoms with E-state index in [0.717, 1.165) is 5.56 Å². The fourth-order valence-electron chi connectivity index (χ4n) is 1.79. The van der Waals surface area contributed by atoms with Gasteiger partial charge in [0, 0.05) is 34.6 Å². The maximum absolute atomic E-state index is 11.5. The van der Waals surface area contributed by atoms with Crippen LogP contribution < -0.4 is 11.3 Å². The van der Waals surface area contributed by atoms with Crippen LogP contribution in [-0.2, 0) is 12.8 Å². The minimum Gasteiger partial charge on any atom is -0.330 e. The number of benzene rings is 1. The summed E-state index contributed by atoms with van der Waals surface area (Å²) in [7, 11) is 0. The number of aromatic nitrogens is 2. The molecular weight excluding hydrogens is 285 g/mol. The molecular formula is C13H13Cl2N3O. The molecule has 0 aliphatic rings. The van der Waals surface area contributed by atoms with Gasteiger partial charge in [0.2, 0.25) is 0 Å². The SMILES string of the molecule is NCCc1cc(=O)[nH]c(Cc2c(Cl)cccc2Cl)n1. The Morgan fingerprint density at radius 2 is 1.95 bits per heavy atom. The number of rotatable bonds is 4. The van der Waals surface area contributed by atoms with Crippen molar-refractivity contribution in [2.45, 2.75) is 12.8 Å². The molecule has 0 fully saturated rings. The topological polar surface area (TPSA) is 71.8 Å². The van der Waals surface area contributed by atoms with E-state index < -0.39 is 0 Å². The predicted molar refractivity (Wildman–Crippen MR) is 76.9 cm³/mol. The van der Waals surface area contributed by atoms with Crippen molar-refractivity contribution in [3.8, 4) is 0 Å². The van der Waals surface area contributed by atoms with Gasteiger partial charge < -0.3 is 10.7 Å². The van der Waals surface area contributed by atoms with Crippen molar-refractivity contribution < 1.29 is 0 Å². The van der Waals surface area contributed by atoms with Gasteiger partial charge in [-0.3, -0.25) is 4.79 Å². The predicted octanol–water partition coefficient (Wildman–Crippen LogP) is 2.17. The lowest BCUT2D eigenvalue weighted by Crippen LogP contribution is -2.15. The first-order valence-corrected chi connectivity index (χ1v) is 6.58. The number of nitrogens with zero attached hydrogens (tertiary/aromatic N) is 1. The second-order valence-electron chi connectivity index (χ2n) is 4.10. The van der Waals surface area contributed by atoms with Crippen LogP contribution in [0, 0.1) is 0 Å². The standard InChI is InChI=1S/C13H13Cl2N3O/c14-10-2-1-3-11(15)9(10)7-12-17-8(4-5-16)6-13(19)18-12/h1-3,6H,4-5,7,16H2,(H,17,18,19). The molecule has 6 heteroatoms. The van der Waals surface area contributed by atoms with E-state index in [1.54, 1.807) is 18.2 Å². The van der Waals surface area contributed by atoms with Crippen molar-refractivity contribution >= 4 is 23.2 Å². The Labute approximate surface area is 120 Å². The van der Waals surface area contributed by atoms with Crippen LogP contribution in [0.3, 0.4) is 0 Å². The highest BCUT2D eigenvalue weighted by Gasteiger charge is 2.09. The van der Waals surface area contributed by atoms with E-state index >= 15 is 0 Å². The van der Waals surface area contributed by atoms with Gasteiger partial charge in [0.25, 0.3) is 5.56 Å². The van der Waals surface area contributed by atoms with Crippen LogP contribution >= 0.6 is 23.2 Å². The zero-order valence-electron chi connectivity index (χ0n) is 10.1. The van der Waals surface area contributed by atoms with Gasteiger partial charge in [-0.05, 0) is 24.2 Å². The number of aromatic amines is 1. The fourth-order valence-corrected chi connectivity index (χ4v) is 2.32. The third kappa shape index (κ3) is 3.56. The molecule has 2 rings (SSSR count). The van der Waals surface area contributed by atoms with Crippen LogP contribution in [0.2, 0.25) is 10.0 Å². The molecule has 0 radical (unpaired) electrons. The van der Waals surface area contributed by atoms with Gasteiger partial charge in [0.1, 0.15) is 5.82 Å². The molecule has 1 heterocycles. The first-order chi connectivity index (χ1) is 9.10. The average Bonchev–Trinajstić information content (AvgIpc) is 2.34. The lowest BCUT2D eigenvalue weighted by Gasteiger charge is -2.07. The maximum Gasteiger partial charge on any atom is 0.251 e. The van der Waals surface area contributed by atoms with Crippen LogP contribution in [0.15, 0.2) is 29.1 Å². The molecule has 1 aromatic heterocycles. The van der Waals surface area contributed by atoms with E-state index in [4.69, 9.17) is 28.9 Å². The fraction of sp³-hybridized carbons (Fsp3) is 0.231. The zero-order chi connectivity index (χ0) is 13.8. The van der Waals surface area contributed by atoms with Crippen LogP contribution in [0.25, 0.3) is 0 Å². The number of H-pyrrole nitrogens is 1. The number of nitrogens with two attached hydrogens (primary N) is 1. The molecule has 2 aromatic rings. The largest absolute Gasteiger partial charge is 0.330 e. The molecule has 100 valence electrons. The minimum atomic E-state index is -0.198. The molecule has 1 aromatic carbocycles. The quantitative estimate of drug-likeness (QED) is 0.908. The zero-order valence-corrected chi connectivity index (χ0v) is 11.6. The molecule has 0 unspecified atom stereocenters. The van der Waals surface area contributed by atoms with E-state index in [2.05, 4.69) is 9.97 Å². The molecule has 0 saturated carbocycles. The van der Waals surface area contributed by atoms with E-state index in [-0.39, 0.29) is 5.56 Å². The van der Waals surface area contributed by atoms with Crippen LogP contribution in [0.5, 0.6) is 0 Å². The monoisotopic (exact) mass is 297 g/mol. The lowest BCUT2D eigenvalue weighted by molar-refractivity contribution is 0.854. The molecule has 3 N–H and O–H groups in total. The third-order valence-electron chi connectivity index (χ3n) is 2.65. The molecule has 0 aliphatic carbocycles. The Kier molecular flexibility index (Phi) is 4.58. The van der Waals surface area contributed by atoms with E-state index in [1.165, 1.54) is 6.07 Å². The smallest absolute Gasteiger partial charge is 0.251 e. The molecule has 0 bridgehead atoms. The van der Waals surface area contributed by atoms with Crippen molar-refractivity contribution in [2.24, 2.45) is 5.73 Å². The number of hydrogen-bond acceptors (Lipinski definition) is 3. The molecule has 0 atom stereocenters. The summed E-state index contributed by atoms with van der Waals surface area (Å²) in [5, 5.41) is 1.11. The van der Waals surface area contributed by atoms with Crippen LogP contribution in [0.4, 0.5) is 0 Å². The van der Waals surface area contributed by atoms with Gasteiger partial charge in [0.05, 0.1) is 0 Å². The Balaban J connectivity index is 2.35. The third-order valence-corrected chi connectivity index (χ3v) is 3.36. The highest BCUT2D eigenvalue weighted by atomic mass is 35.5. The van der Waals surface area contributed by atoms with E-state index in [0.29, 0.717) is 40.9 Å². The summed E-state index contributed by atoms with van der Waals surface area (Å²) < 4.78 is 0. The van der Waals surface area contributed by atoms with Gasteiger partial charge in [-0.2, -0.15) is 0 Å². The summed E-state index contributed by atoms with van der Waals surface area (Å²) in [4.78, 5) is 18.6. The Bertz CT molecular complexity index is 620. The lowest BCUT2D eigenvalue weighted by atomic mass is 10.1. The highest BCUT2D eigenvalue weighted by molar-refractivity contribution is 6.36. The summed E-state index contributed by atoms with van der Waals surface area (Å²) in [5.41, 5.74) is 6.69. The molecule has 0 spiro atoms. The number of hydrogen-bond donors (Lipinski definition) is 2. The number of halogens is 2. The normalized spacial score (nSPS) is 10.7. The first-order valence-electron chi connectivity index (χ1n) is 5.82. The van der Waals surface area contributed by atoms with E-state index in [1.807, 2.05) is 0 Å². The van der Waals surface area contributed by atoms with Crippen LogP contribution in [0.1, 0.15) is 17.1 Å². The summed E-state index contributed by atoms with van der Waals surface area (Å²) in [5.74, 6) is 0.533. The van der Waals surface area contributed by atoms with Gasteiger partial charge in [0.15, 0.2) is 0 Å².